The van der Waals surface area contributed by atoms with E-state index in [0.717, 1.165) is 44.4 Å². The summed E-state index contributed by atoms with van der Waals surface area (Å²) in [6.07, 6.45) is 12.5. The second kappa shape index (κ2) is 9.55. The summed E-state index contributed by atoms with van der Waals surface area (Å²) in [5, 5.41) is 11.3. The number of nitrogens with one attached hydrogen (secondary N) is 3. The zero-order chi connectivity index (χ0) is 27.1. The topological polar surface area (TPSA) is 143 Å². The number of rotatable bonds is 6. The highest BCUT2D eigenvalue weighted by molar-refractivity contribution is 5.96. The van der Waals surface area contributed by atoms with Crippen molar-refractivity contribution in [2.24, 2.45) is 0 Å². The molecule has 11 heteroatoms. The van der Waals surface area contributed by atoms with Gasteiger partial charge in [0.25, 0.3) is 0 Å². The molecule has 7 rings (SSSR count). The van der Waals surface area contributed by atoms with Crippen molar-refractivity contribution in [3.63, 3.8) is 0 Å². The first-order chi connectivity index (χ1) is 19.6. The van der Waals surface area contributed by atoms with E-state index in [9.17, 15) is 4.79 Å². The van der Waals surface area contributed by atoms with Crippen molar-refractivity contribution in [1.82, 2.24) is 44.7 Å². The first-order valence-electron chi connectivity index (χ1n) is 12.6. The second-order valence-electron chi connectivity index (χ2n) is 9.42. The summed E-state index contributed by atoms with van der Waals surface area (Å²) in [5.74, 6) is 0.486. The van der Waals surface area contributed by atoms with Crippen LogP contribution in [0.1, 0.15) is 11.3 Å². The minimum Gasteiger partial charge on any atom is -0.335 e. The summed E-state index contributed by atoms with van der Waals surface area (Å²) < 4.78 is 1.90. The Kier molecular flexibility index (Phi) is 5.59. The van der Waals surface area contributed by atoms with E-state index in [1.165, 1.54) is 0 Å². The number of carbonyl (C=O) groups is 1. The van der Waals surface area contributed by atoms with E-state index in [1.807, 2.05) is 60.2 Å². The number of benzene rings is 1. The van der Waals surface area contributed by atoms with Crippen LogP contribution in [0.25, 0.3) is 50.4 Å². The molecule has 0 saturated carbocycles. The summed E-state index contributed by atoms with van der Waals surface area (Å²) in [6, 6.07) is 13.4. The molecule has 1 aromatic carbocycles. The molecule has 11 nitrogen and oxygen atoms in total. The average molecular weight is 527 g/mol. The van der Waals surface area contributed by atoms with Crippen LogP contribution >= 0.6 is 0 Å². The van der Waals surface area contributed by atoms with Gasteiger partial charge in [-0.05, 0) is 24.6 Å². The van der Waals surface area contributed by atoms with Gasteiger partial charge in [0.15, 0.2) is 5.82 Å². The lowest BCUT2D eigenvalue weighted by Gasteiger charge is -2.07. The van der Waals surface area contributed by atoms with Crippen LogP contribution in [-0.2, 0) is 11.2 Å². The van der Waals surface area contributed by atoms with Crippen molar-refractivity contribution in [3.8, 4) is 28.5 Å². The molecule has 1 amide bonds. The lowest BCUT2D eigenvalue weighted by atomic mass is 10.1. The predicted octanol–water partition coefficient (Wildman–Crippen LogP) is 4.63. The highest BCUT2D eigenvalue weighted by atomic mass is 16.1. The van der Waals surface area contributed by atoms with Crippen molar-refractivity contribution in [2.45, 2.75) is 13.3 Å². The molecule has 0 aliphatic heterocycles. The number of fused-ring (bicyclic) bond motifs is 2. The van der Waals surface area contributed by atoms with Gasteiger partial charge in [0, 0.05) is 23.3 Å². The maximum Gasteiger partial charge on any atom is 0.228 e. The third-order valence-corrected chi connectivity index (χ3v) is 6.56. The van der Waals surface area contributed by atoms with Gasteiger partial charge in [-0.3, -0.25) is 24.8 Å². The Morgan fingerprint density at radius 1 is 0.975 bits per heavy atom. The van der Waals surface area contributed by atoms with Gasteiger partial charge in [-0.1, -0.05) is 30.3 Å². The van der Waals surface area contributed by atoms with E-state index >= 15 is 0 Å². The Bertz CT molecular complexity index is 2000. The number of hydrogen-bond acceptors (Lipinski definition) is 7. The number of hydrogen-bond donors (Lipinski definition) is 3. The first-order valence-corrected chi connectivity index (χ1v) is 12.6. The van der Waals surface area contributed by atoms with Crippen LogP contribution in [0.3, 0.4) is 0 Å². The van der Waals surface area contributed by atoms with Crippen molar-refractivity contribution >= 4 is 33.5 Å². The number of amides is 1. The average Bonchev–Trinajstić information content (AvgIpc) is 3.71. The second-order valence-corrected chi connectivity index (χ2v) is 9.42. The van der Waals surface area contributed by atoms with Gasteiger partial charge in [0.1, 0.15) is 11.2 Å². The van der Waals surface area contributed by atoms with Gasteiger partial charge in [-0.25, -0.2) is 9.97 Å². The standard InChI is InChI=1S/C29H22N10O/c1-17-15-39(16-33-17)25-14-31-12-24-28(25)36-29(35-24)27-21-9-22(32-13-23(21)37-38-27)19-8-20(11-30-10-19)34-26(40)7-18-5-3-2-4-6-18/h2-6,8-16H,7H2,1H3,(H,34,40)(H,35,36)(H,37,38). The smallest absolute Gasteiger partial charge is 0.228 e. The van der Waals surface area contributed by atoms with Crippen molar-refractivity contribution in [3.05, 3.63) is 97.2 Å². The van der Waals surface area contributed by atoms with Gasteiger partial charge in [-0.2, -0.15) is 5.10 Å². The highest BCUT2D eigenvalue weighted by Gasteiger charge is 2.17. The minimum atomic E-state index is -0.115. The van der Waals surface area contributed by atoms with Crippen molar-refractivity contribution in [2.75, 3.05) is 5.32 Å². The number of aryl methyl sites for hydroxylation is 1. The van der Waals surface area contributed by atoms with E-state index in [1.54, 1.807) is 37.3 Å². The van der Waals surface area contributed by atoms with Gasteiger partial charge in [-0.15, -0.1) is 0 Å². The molecule has 0 spiro atoms. The van der Waals surface area contributed by atoms with Crippen LogP contribution in [0, 0.1) is 6.92 Å². The number of H-pyrrole nitrogens is 2. The van der Waals surface area contributed by atoms with Gasteiger partial charge in [0.05, 0.1) is 71.3 Å². The number of carbonyl (C=O) groups excluding carboxylic acids is 1. The fraction of sp³-hybridized carbons (Fsp3) is 0.0690. The number of pyridine rings is 3. The third kappa shape index (κ3) is 4.35. The maximum absolute atomic E-state index is 12.6. The minimum absolute atomic E-state index is 0.115. The monoisotopic (exact) mass is 526 g/mol. The number of aromatic nitrogens is 9. The Morgan fingerprint density at radius 3 is 2.70 bits per heavy atom. The molecule has 6 aromatic heterocycles. The SMILES string of the molecule is Cc1cn(-c2cncc3[nH]c(-c4n[nH]c5cnc(-c6cncc(NC(=O)Cc7ccccc7)c6)cc45)nc23)cn1. The summed E-state index contributed by atoms with van der Waals surface area (Å²) in [4.78, 5) is 38.4. The van der Waals surface area contributed by atoms with E-state index in [4.69, 9.17) is 4.98 Å². The number of imidazole rings is 2. The molecule has 6 heterocycles. The highest BCUT2D eigenvalue weighted by Crippen LogP contribution is 2.30. The van der Waals surface area contributed by atoms with Gasteiger partial charge >= 0.3 is 0 Å². The molecule has 7 aromatic rings. The van der Waals surface area contributed by atoms with Crippen LogP contribution in [0.4, 0.5) is 5.69 Å². The Hall–Kier alpha value is -5.71. The van der Waals surface area contributed by atoms with Crippen LogP contribution < -0.4 is 5.32 Å². The predicted molar refractivity (Wildman–Crippen MR) is 151 cm³/mol. The molecule has 0 atom stereocenters. The summed E-state index contributed by atoms with van der Waals surface area (Å²) in [7, 11) is 0. The molecule has 0 bridgehead atoms. The van der Waals surface area contributed by atoms with Crippen LogP contribution in [-0.4, -0.2) is 50.6 Å². The van der Waals surface area contributed by atoms with E-state index in [-0.39, 0.29) is 12.3 Å². The first kappa shape index (κ1) is 23.4. The molecular formula is C29H22N10O. The summed E-state index contributed by atoms with van der Waals surface area (Å²) in [5.41, 5.74) is 7.68. The quantitative estimate of drug-likeness (QED) is 0.287. The zero-order valence-electron chi connectivity index (χ0n) is 21.3. The molecule has 194 valence electrons. The molecule has 0 saturated heterocycles. The van der Waals surface area contributed by atoms with Crippen molar-refractivity contribution in [1.29, 1.82) is 0 Å². The van der Waals surface area contributed by atoms with Gasteiger partial charge < -0.3 is 14.9 Å². The Labute approximate surface area is 227 Å². The number of aromatic amines is 2. The summed E-state index contributed by atoms with van der Waals surface area (Å²) in [6.45, 7) is 1.94. The molecule has 0 unspecified atom stereocenters. The van der Waals surface area contributed by atoms with Crippen LogP contribution in [0.5, 0.6) is 0 Å². The molecule has 0 radical (unpaired) electrons. The lowest BCUT2D eigenvalue weighted by Crippen LogP contribution is -2.14. The van der Waals surface area contributed by atoms with Crippen LogP contribution in [0.15, 0.2) is 86.0 Å². The zero-order valence-corrected chi connectivity index (χ0v) is 21.3. The molecule has 3 N–H and O–H groups in total. The van der Waals surface area contributed by atoms with Crippen LogP contribution in [0.2, 0.25) is 0 Å². The number of nitrogens with zero attached hydrogens (tertiary/aromatic N) is 7. The van der Waals surface area contributed by atoms with E-state index in [0.29, 0.717) is 22.9 Å². The fourth-order valence-corrected chi connectivity index (χ4v) is 4.66. The largest absolute Gasteiger partial charge is 0.335 e. The van der Waals surface area contributed by atoms with E-state index < -0.39 is 0 Å². The normalized spacial score (nSPS) is 11.3. The maximum atomic E-state index is 12.6. The van der Waals surface area contributed by atoms with E-state index in [2.05, 4.69) is 40.4 Å². The van der Waals surface area contributed by atoms with Crippen molar-refractivity contribution < 1.29 is 4.79 Å². The molecule has 0 aliphatic rings. The fourth-order valence-electron chi connectivity index (χ4n) is 4.66. The third-order valence-electron chi connectivity index (χ3n) is 6.56. The molecule has 0 aliphatic carbocycles. The van der Waals surface area contributed by atoms with Gasteiger partial charge in [0.2, 0.25) is 5.91 Å². The molecule has 40 heavy (non-hydrogen) atoms. The molecule has 0 fully saturated rings. The Morgan fingerprint density at radius 2 is 1.85 bits per heavy atom. The Balaban J connectivity index is 1.21. The lowest BCUT2D eigenvalue weighted by molar-refractivity contribution is -0.115. The summed E-state index contributed by atoms with van der Waals surface area (Å²) >= 11 is 0. The number of anilines is 1. The molecular weight excluding hydrogens is 504 g/mol.